The fraction of sp³-hybridized carbons (Fsp3) is 0.0417. The molecule has 5 rings (SSSR count). The average Bonchev–Trinajstić information content (AvgIpc) is 3.17. The Balaban J connectivity index is 1.80. The van der Waals surface area contributed by atoms with Crippen molar-refractivity contribution in [2.45, 2.75) is 6.61 Å². The summed E-state index contributed by atoms with van der Waals surface area (Å²) < 4.78 is 1.62. The Morgan fingerprint density at radius 3 is 1.80 bits per heavy atom. The third-order valence-electron chi connectivity index (χ3n) is 4.93. The molecule has 0 aliphatic heterocycles. The molecule has 0 unspecified atom stereocenters. The van der Waals surface area contributed by atoms with Crippen molar-refractivity contribution < 1.29 is 5.11 Å². The predicted molar refractivity (Wildman–Crippen MR) is 118 cm³/mol. The van der Waals surface area contributed by atoms with Gasteiger partial charge in [-0.05, 0) is 12.1 Å². The van der Waals surface area contributed by atoms with Gasteiger partial charge in [0.2, 0.25) is 0 Å². The molecule has 0 spiro atoms. The number of benzene rings is 3. The Morgan fingerprint density at radius 2 is 1.20 bits per heavy atom. The van der Waals surface area contributed by atoms with Crippen molar-refractivity contribution in [1.29, 1.82) is 0 Å². The number of hydrogen-bond donors (Lipinski definition) is 1. The SMILES string of the molecule is OCc1c(-c2ccc(Cl)cc2)nc2nc(-c3ccccc3)c(-c3ccccc3)nn12. The first-order valence-electron chi connectivity index (χ1n) is 9.52. The van der Waals surface area contributed by atoms with E-state index >= 15 is 0 Å². The molecule has 5 nitrogen and oxygen atoms in total. The fourth-order valence-corrected chi connectivity index (χ4v) is 3.61. The van der Waals surface area contributed by atoms with E-state index in [4.69, 9.17) is 26.7 Å². The van der Waals surface area contributed by atoms with Gasteiger partial charge in [-0.1, -0.05) is 84.4 Å². The van der Waals surface area contributed by atoms with E-state index in [1.54, 1.807) is 16.6 Å². The molecule has 5 aromatic rings. The molecule has 0 aliphatic carbocycles. The van der Waals surface area contributed by atoms with Gasteiger partial charge in [0, 0.05) is 21.7 Å². The van der Waals surface area contributed by atoms with Crippen molar-refractivity contribution in [3.63, 3.8) is 0 Å². The topological polar surface area (TPSA) is 63.3 Å². The van der Waals surface area contributed by atoms with Crippen LogP contribution in [0.2, 0.25) is 5.02 Å². The van der Waals surface area contributed by atoms with Crippen molar-refractivity contribution in [2.75, 3.05) is 0 Å². The molecule has 3 aromatic carbocycles. The first kappa shape index (κ1) is 18.5. The summed E-state index contributed by atoms with van der Waals surface area (Å²) >= 11 is 6.03. The molecule has 0 bridgehead atoms. The highest BCUT2D eigenvalue weighted by Crippen LogP contribution is 2.31. The Morgan fingerprint density at radius 1 is 0.667 bits per heavy atom. The number of rotatable bonds is 4. The van der Waals surface area contributed by atoms with E-state index in [1.165, 1.54) is 0 Å². The van der Waals surface area contributed by atoms with Crippen LogP contribution in [0.1, 0.15) is 5.69 Å². The maximum absolute atomic E-state index is 10.1. The molecule has 6 heteroatoms. The molecule has 2 aromatic heterocycles. The summed E-state index contributed by atoms with van der Waals surface area (Å²) in [5, 5.41) is 15.6. The van der Waals surface area contributed by atoms with Gasteiger partial charge in [-0.3, -0.25) is 0 Å². The van der Waals surface area contributed by atoms with E-state index < -0.39 is 0 Å². The minimum Gasteiger partial charge on any atom is -0.390 e. The lowest BCUT2D eigenvalue weighted by atomic mass is 10.0. The molecular formula is C24H17ClN4O. The van der Waals surface area contributed by atoms with Gasteiger partial charge in [-0.2, -0.15) is 9.61 Å². The molecule has 0 aliphatic rings. The first-order chi connectivity index (χ1) is 14.7. The zero-order valence-electron chi connectivity index (χ0n) is 15.9. The smallest absolute Gasteiger partial charge is 0.252 e. The second kappa shape index (κ2) is 7.71. The summed E-state index contributed by atoms with van der Waals surface area (Å²) in [4.78, 5) is 9.54. The minimum absolute atomic E-state index is 0.216. The van der Waals surface area contributed by atoms with Gasteiger partial charge >= 0.3 is 0 Å². The highest BCUT2D eigenvalue weighted by atomic mass is 35.5. The van der Waals surface area contributed by atoms with Gasteiger partial charge in [0.15, 0.2) is 0 Å². The van der Waals surface area contributed by atoms with Gasteiger partial charge in [-0.15, -0.1) is 0 Å². The van der Waals surface area contributed by atoms with Crippen LogP contribution in [0.15, 0.2) is 84.9 Å². The molecular weight excluding hydrogens is 396 g/mol. The number of nitrogens with zero attached hydrogens (tertiary/aromatic N) is 4. The molecule has 0 radical (unpaired) electrons. The molecule has 146 valence electrons. The molecule has 0 atom stereocenters. The highest BCUT2D eigenvalue weighted by Gasteiger charge is 2.20. The van der Waals surface area contributed by atoms with Crippen molar-refractivity contribution in [3.05, 3.63) is 95.6 Å². The van der Waals surface area contributed by atoms with Crippen molar-refractivity contribution in [2.24, 2.45) is 0 Å². The normalized spacial score (nSPS) is 11.1. The number of fused-ring (bicyclic) bond motifs is 1. The third-order valence-corrected chi connectivity index (χ3v) is 5.18. The molecule has 0 saturated heterocycles. The summed E-state index contributed by atoms with van der Waals surface area (Å²) in [5.41, 5.74) is 5.42. The largest absolute Gasteiger partial charge is 0.390 e. The third kappa shape index (κ3) is 3.24. The molecule has 0 fully saturated rings. The van der Waals surface area contributed by atoms with E-state index in [0.29, 0.717) is 22.2 Å². The van der Waals surface area contributed by atoms with Gasteiger partial charge in [0.1, 0.15) is 11.4 Å². The van der Waals surface area contributed by atoms with Crippen LogP contribution < -0.4 is 0 Å². The summed E-state index contributed by atoms with van der Waals surface area (Å²) in [7, 11) is 0. The minimum atomic E-state index is -0.216. The van der Waals surface area contributed by atoms with Crippen molar-refractivity contribution in [3.8, 4) is 33.8 Å². The van der Waals surface area contributed by atoms with Crippen molar-refractivity contribution >= 4 is 17.4 Å². The number of aliphatic hydroxyl groups excluding tert-OH is 1. The lowest BCUT2D eigenvalue weighted by Gasteiger charge is -2.09. The van der Waals surface area contributed by atoms with Gasteiger partial charge in [0.05, 0.1) is 18.0 Å². The predicted octanol–water partition coefficient (Wildman–Crippen LogP) is 5.27. The van der Waals surface area contributed by atoms with Crippen LogP contribution in [0.4, 0.5) is 0 Å². The Labute approximate surface area is 178 Å². The first-order valence-corrected chi connectivity index (χ1v) is 9.89. The van der Waals surface area contributed by atoms with Crippen LogP contribution in [0.3, 0.4) is 0 Å². The van der Waals surface area contributed by atoms with Crippen molar-refractivity contribution in [1.82, 2.24) is 19.6 Å². The number of aliphatic hydroxyl groups is 1. The van der Waals surface area contributed by atoms with E-state index in [2.05, 4.69) is 0 Å². The molecule has 0 saturated carbocycles. The second-order valence-corrected chi connectivity index (χ2v) is 7.26. The average molecular weight is 413 g/mol. The zero-order chi connectivity index (χ0) is 20.5. The van der Waals surface area contributed by atoms with Gasteiger partial charge in [-0.25, -0.2) is 9.97 Å². The zero-order valence-corrected chi connectivity index (χ0v) is 16.7. The Hall–Kier alpha value is -3.54. The van der Waals surface area contributed by atoms with Crippen LogP contribution >= 0.6 is 11.6 Å². The van der Waals surface area contributed by atoms with Crippen LogP contribution in [-0.4, -0.2) is 24.7 Å². The van der Waals surface area contributed by atoms with Crippen LogP contribution in [0.25, 0.3) is 39.5 Å². The summed E-state index contributed by atoms with van der Waals surface area (Å²) in [6.07, 6.45) is 0. The molecule has 2 heterocycles. The quantitative estimate of drug-likeness (QED) is 0.436. The van der Waals surface area contributed by atoms with Crippen LogP contribution in [0, 0.1) is 0 Å². The Kier molecular flexibility index (Phi) is 4.75. The number of imidazole rings is 1. The second-order valence-electron chi connectivity index (χ2n) is 6.82. The van der Waals surface area contributed by atoms with Gasteiger partial charge < -0.3 is 5.11 Å². The monoisotopic (exact) mass is 412 g/mol. The van der Waals surface area contributed by atoms with Crippen LogP contribution in [0.5, 0.6) is 0 Å². The lowest BCUT2D eigenvalue weighted by Crippen LogP contribution is -2.04. The van der Waals surface area contributed by atoms with Gasteiger partial charge in [0.25, 0.3) is 5.78 Å². The maximum atomic E-state index is 10.1. The molecule has 0 amide bonds. The number of hydrogen-bond acceptors (Lipinski definition) is 4. The fourth-order valence-electron chi connectivity index (χ4n) is 3.48. The van der Waals surface area contributed by atoms with Crippen LogP contribution in [-0.2, 0) is 6.61 Å². The summed E-state index contributed by atoms with van der Waals surface area (Å²) in [6.45, 7) is -0.216. The maximum Gasteiger partial charge on any atom is 0.252 e. The molecule has 30 heavy (non-hydrogen) atoms. The van der Waals surface area contributed by atoms with E-state index in [-0.39, 0.29) is 6.61 Å². The highest BCUT2D eigenvalue weighted by molar-refractivity contribution is 6.30. The number of aromatic nitrogens is 4. The summed E-state index contributed by atoms with van der Waals surface area (Å²) in [6, 6.07) is 27.2. The molecule has 1 N–H and O–H groups in total. The Bertz CT molecular complexity index is 1320. The number of halogens is 1. The summed E-state index contributed by atoms with van der Waals surface area (Å²) in [5.74, 6) is 0.433. The van der Waals surface area contributed by atoms with E-state index in [0.717, 1.165) is 28.1 Å². The lowest BCUT2D eigenvalue weighted by molar-refractivity contribution is 0.274. The standard InChI is InChI=1S/C24H17ClN4O/c25-19-13-11-18(12-14-19)21-20(15-30)29-24(26-21)27-22(16-7-3-1-4-8-16)23(28-29)17-9-5-2-6-10-17/h1-14,30H,15H2. The van der Waals surface area contributed by atoms with E-state index in [9.17, 15) is 5.11 Å². The van der Waals surface area contributed by atoms with E-state index in [1.807, 2.05) is 72.8 Å².